The van der Waals surface area contributed by atoms with Gasteiger partial charge in [-0.2, -0.15) is 0 Å². The van der Waals surface area contributed by atoms with Crippen LogP contribution in [0.5, 0.6) is 0 Å². The molecule has 1 N–H and O–H groups in total. The highest BCUT2D eigenvalue weighted by Crippen LogP contribution is 2.34. The molecule has 17 heavy (non-hydrogen) atoms. The van der Waals surface area contributed by atoms with Gasteiger partial charge >= 0.3 is 0 Å². The molecule has 1 amide bonds. The third-order valence-electron chi connectivity index (χ3n) is 3.23. The predicted molar refractivity (Wildman–Crippen MR) is 72.7 cm³/mol. The van der Waals surface area contributed by atoms with Gasteiger partial charge in [0.05, 0.1) is 0 Å². The summed E-state index contributed by atoms with van der Waals surface area (Å²) in [5.74, 6) is 0.327. The molecule has 0 aromatic carbocycles. The van der Waals surface area contributed by atoms with Crippen molar-refractivity contribution in [3.8, 4) is 0 Å². The maximum atomic E-state index is 11.8. The standard InChI is InChI=1S/C15H27NO/c1-11(8-14(2,3)4)7-12-9-15(5,6)10-16-13(12)17/h12H,1,7-10H2,2-6H3,(H,16,17). The van der Waals surface area contributed by atoms with E-state index < -0.39 is 0 Å². The van der Waals surface area contributed by atoms with Gasteiger partial charge in [-0.3, -0.25) is 4.79 Å². The van der Waals surface area contributed by atoms with Crippen LogP contribution >= 0.6 is 0 Å². The molecule has 0 aromatic heterocycles. The van der Waals surface area contributed by atoms with Crippen molar-refractivity contribution in [1.29, 1.82) is 0 Å². The zero-order valence-electron chi connectivity index (χ0n) is 12.0. The third kappa shape index (κ3) is 4.93. The summed E-state index contributed by atoms with van der Waals surface area (Å²) in [6, 6.07) is 0. The maximum absolute atomic E-state index is 11.8. The normalized spacial score (nSPS) is 24.3. The number of hydrogen-bond acceptors (Lipinski definition) is 1. The van der Waals surface area contributed by atoms with Gasteiger partial charge in [0, 0.05) is 12.5 Å². The van der Waals surface area contributed by atoms with Crippen LogP contribution in [-0.4, -0.2) is 12.5 Å². The van der Waals surface area contributed by atoms with Gasteiger partial charge in [0.2, 0.25) is 5.91 Å². The van der Waals surface area contributed by atoms with Gasteiger partial charge in [-0.05, 0) is 30.1 Å². The summed E-state index contributed by atoms with van der Waals surface area (Å²) in [6.07, 6.45) is 2.81. The minimum atomic E-state index is 0.119. The monoisotopic (exact) mass is 237 g/mol. The second-order valence-corrected chi connectivity index (χ2v) is 7.47. The number of piperidine rings is 1. The van der Waals surface area contributed by atoms with E-state index in [1.54, 1.807) is 0 Å². The van der Waals surface area contributed by atoms with Crippen LogP contribution in [0.25, 0.3) is 0 Å². The Morgan fingerprint density at radius 3 is 2.59 bits per heavy atom. The number of amides is 1. The lowest BCUT2D eigenvalue weighted by molar-refractivity contribution is -0.129. The molecule has 0 aliphatic carbocycles. The van der Waals surface area contributed by atoms with Gasteiger partial charge in [0.25, 0.3) is 0 Å². The van der Waals surface area contributed by atoms with Crippen molar-refractivity contribution in [2.24, 2.45) is 16.7 Å². The molecule has 98 valence electrons. The molecule has 0 radical (unpaired) electrons. The van der Waals surface area contributed by atoms with E-state index in [1.165, 1.54) is 5.57 Å². The molecule has 2 nitrogen and oxygen atoms in total. The Balaban J connectivity index is 2.55. The summed E-state index contributed by atoms with van der Waals surface area (Å²) in [5, 5.41) is 3.01. The average molecular weight is 237 g/mol. The highest BCUT2D eigenvalue weighted by atomic mass is 16.1. The second kappa shape index (κ2) is 4.83. The van der Waals surface area contributed by atoms with Crippen LogP contribution < -0.4 is 5.32 Å². The molecule has 0 bridgehead atoms. The zero-order chi connectivity index (χ0) is 13.3. The first-order valence-electron chi connectivity index (χ1n) is 6.53. The molecule has 0 saturated carbocycles. The Labute approximate surface area is 106 Å². The van der Waals surface area contributed by atoms with E-state index >= 15 is 0 Å². The largest absolute Gasteiger partial charge is 0.355 e. The summed E-state index contributed by atoms with van der Waals surface area (Å²) in [4.78, 5) is 11.8. The van der Waals surface area contributed by atoms with E-state index in [9.17, 15) is 4.79 Å². The number of carbonyl (C=O) groups is 1. The van der Waals surface area contributed by atoms with Crippen molar-refractivity contribution in [2.75, 3.05) is 6.54 Å². The van der Waals surface area contributed by atoms with Crippen molar-refractivity contribution in [3.63, 3.8) is 0 Å². The van der Waals surface area contributed by atoms with E-state index in [1.807, 2.05) is 0 Å². The summed E-state index contributed by atoms with van der Waals surface area (Å²) in [6.45, 7) is 16.0. The van der Waals surface area contributed by atoms with Crippen molar-refractivity contribution in [3.05, 3.63) is 12.2 Å². The molecule has 2 heteroatoms. The van der Waals surface area contributed by atoms with E-state index in [0.717, 1.165) is 25.8 Å². The number of allylic oxidation sites excluding steroid dienone is 1. The van der Waals surface area contributed by atoms with Gasteiger partial charge in [0.1, 0.15) is 0 Å². The van der Waals surface area contributed by atoms with Crippen molar-refractivity contribution in [2.45, 2.75) is 53.9 Å². The lowest BCUT2D eigenvalue weighted by Crippen LogP contribution is -2.45. The number of nitrogens with one attached hydrogen (secondary N) is 1. The number of hydrogen-bond donors (Lipinski definition) is 1. The molecule has 1 atom stereocenters. The SMILES string of the molecule is C=C(CC1CC(C)(C)CNC1=O)CC(C)(C)C. The lowest BCUT2D eigenvalue weighted by atomic mass is 9.75. The quantitative estimate of drug-likeness (QED) is 0.747. The fourth-order valence-corrected chi connectivity index (χ4v) is 2.64. The molecule has 1 unspecified atom stereocenters. The molecule has 1 rings (SSSR count). The van der Waals surface area contributed by atoms with Crippen LogP contribution in [0.2, 0.25) is 0 Å². The summed E-state index contributed by atoms with van der Waals surface area (Å²) in [5.41, 5.74) is 1.69. The van der Waals surface area contributed by atoms with Crippen molar-refractivity contribution in [1.82, 2.24) is 5.32 Å². The first kappa shape index (κ1) is 14.3. The highest BCUT2D eigenvalue weighted by Gasteiger charge is 2.33. The molecule has 0 spiro atoms. The van der Waals surface area contributed by atoms with Crippen LogP contribution in [-0.2, 0) is 4.79 Å². The summed E-state index contributed by atoms with van der Waals surface area (Å²) < 4.78 is 0. The van der Waals surface area contributed by atoms with Gasteiger partial charge in [-0.1, -0.05) is 46.8 Å². The molecular formula is C15H27NO. The smallest absolute Gasteiger partial charge is 0.223 e. The van der Waals surface area contributed by atoms with Crippen molar-refractivity contribution < 1.29 is 4.79 Å². The van der Waals surface area contributed by atoms with E-state index in [-0.39, 0.29) is 22.7 Å². The fraction of sp³-hybridized carbons (Fsp3) is 0.800. The molecule has 0 aromatic rings. The van der Waals surface area contributed by atoms with Crippen LogP contribution in [0, 0.1) is 16.7 Å². The van der Waals surface area contributed by atoms with E-state index in [4.69, 9.17) is 0 Å². The van der Waals surface area contributed by atoms with Crippen LogP contribution in [0.3, 0.4) is 0 Å². The molecule has 1 saturated heterocycles. The molecule has 1 heterocycles. The first-order chi connectivity index (χ1) is 7.59. The van der Waals surface area contributed by atoms with Gasteiger partial charge < -0.3 is 5.32 Å². The zero-order valence-corrected chi connectivity index (χ0v) is 12.0. The van der Waals surface area contributed by atoms with Crippen LogP contribution in [0.15, 0.2) is 12.2 Å². The van der Waals surface area contributed by atoms with Crippen molar-refractivity contribution >= 4 is 5.91 Å². The third-order valence-corrected chi connectivity index (χ3v) is 3.23. The topological polar surface area (TPSA) is 29.1 Å². The second-order valence-electron chi connectivity index (χ2n) is 7.47. The summed E-state index contributed by atoms with van der Waals surface area (Å²) >= 11 is 0. The van der Waals surface area contributed by atoms with E-state index in [2.05, 4.69) is 46.5 Å². The number of rotatable bonds is 3. The molecule has 1 fully saturated rings. The van der Waals surface area contributed by atoms with Gasteiger partial charge in [-0.15, -0.1) is 0 Å². The van der Waals surface area contributed by atoms with Gasteiger partial charge in [0.15, 0.2) is 0 Å². The Hall–Kier alpha value is -0.790. The Kier molecular flexibility index (Phi) is 4.06. The molecule has 1 aliphatic rings. The Bertz CT molecular complexity index is 309. The average Bonchev–Trinajstić information content (AvgIpc) is 2.07. The van der Waals surface area contributed by atoms with Gasteiger partial charge in [-0.25, -0.2) is 0 Å². The first-order valence-corrected chi connectivity index (χ1v) is 6.53. The Morgan fingerprint density at radius 1 is 1.47 bits per heavy atom. The van der Waals surface area contributed by atoms with Crippen LogP contribution in [0.1, 0.15) is 53.9 Å². The summed E-state index contributed by atoms with van der Waals surface area (Å²) in [7, 11) is 0. The highest BCUT2D eigenvalue weighted by molar-refractivity contribution is 5.79. The minimum absolute atomic E-state index is 0.119. The molecular weight excluding hydrogens is 210 g/mol. The Morgan fingerprint density at radius 2 is 2.06 bits per heavy atom. The predicted octanol–water partition coefficient (Wildman–Crippen LogP) is 3.53. The maximum Gasteiger partial charge on any atom is 0.223 e. The minimum Gasteiger partial charge on any atom is -0.355 e. The van der Waals surface area contributed by atoms with E-state index in [0.29, 0.717) is 0 Å². The molecule has 1 aliphatic heterocycles. The fourth-order valence-electron chi connectivity index (χ4n) is 2.64. The lowest BCUT2D eigenvalue weighted by Gasteiger charge is -2.35. The number of carbonyl (C=O) groups excluding carboxylic acids is 1. The van der Waals surface area contributed by atoms with Crippen LogP contribution in [0.4, 0.5) is 0 Å².